The van der Waals surface area contributed by atoms with Crippen LogP contribution in [0.4, 0.5) is 0 Å². The fourth-order valence-corrected chi connectivity index (χ4v) is 4.49. The van der Waals surface area contributed by atoms with Gasteiger partial charge in [-0.15, -0.1) is 0 Å². The summed E-state index contributed by atoms with van der Waals surface area (Å²) in [7, 11) is 0. The van der Waals surface area contributed by atoms with Gasteiger partial charge >= 0.3 is 11.3 Å². The number of rotatable bonds is 3. The van der Waals surface area contributed by atoms with Crippen molar-refractivity contribution in [2.24, 2.45) is 0 Å². The molecule has 0 atom stereocenters. The average Bonchev–Trinajstić information content (AvgIpc) is 2.87. The lowest BCUT2D eigenvalue weighted by molar-refractivity contribution is 0.440. The number of pyridine rings is 1. The molecule has 0 saturated heterocycles. The van der Waals surface area contributed by atoms with Crippen molar-refractivity contribution in [3.63, 3.8) is 0 Å². The Morgan fingerprint density at radius 2 is 1.14 bits per heavy atom. The van der Waals surface area contributed by atoms with Crippen molar-refractivity contribution in [1.29, 1.82) is 0 Å². The fraction of sp³-hybridized carbons (Fsp3) is 0.0357. The quantitative estimate of drug-likeness (QED) is 0.354. The van der Waals surface area contributed by atoms with Crippen LogP contribution in [0.5, 0.6) is 11.5 Å². The summed E-state index contributed by atoms with van der Waals surface area (Å²) >= 11 is 0. The highest BCUT2D eigenvalue weighted by molar-refractivity contribution is 5.87. The third-order valence-electron chi connectivity index (χ3n) is 6.13. The molecule has 170 valence electrons. The minimum absolute atomic E-state index is 0.193. The van der Waals surface area contributed by atoms with Gasteiger partial charge in [0, 0.05) is 5.39 Å². The van der Waals surface area contributed by atoms with Gasteiger partial charge in [-0.25, -0.2) is 9.59 Å². The summed E-state index contributed by atoms with van der Waals surface area (Å²) in [6, 6.07) is 23.9. The number of benzene rings is 3. The zero-order chi connectivity index (χ0) is 24.1. The zero-order valence-corrected chi connectivity index (χ0v) is 18.1. The molecule has 3 heterocycles. The van der Waals surface area contributed by atoms with Crippen LogP contribution in [0, 0.1) is 0 Å². The minimum Gasteiger partial charge on any atom is -0.507 e. The van der Waals surface area contributed by atoms with Crippen molar-refractivity contribution in [3.8, 4) is 11.5 Å². The molecule has 0 bridgehead atoms. The molecule has 0 aliphatic rings. The molecule has 35 heavy (non-hydrogen) atoms. The first kappa shape index (κ1) is 20.7. The van der Waals surface area contributed by atoms with Crippen molar-refractivity contribution in [2.75, 3.05) is 0 Å². The largest absolute Gasteiger partial charge is 0.507 e. The summed E-state index contributed by atoms with van der Waals surface area (Å²) in [6.45, 7) is 0. The Balaban J connectivity index is 1.74. The van der Waals surface area contributed by atoms with Gasteiger partial charge in [-0.2, -0.15) is 0 Å². The maximum Gasteiger partial charge on any atom is 0.344 e. The van der Waals surface area contributed by atoms with Gasteiger partial charge in [-0.3, -0.25) is 4.98 Å². The van der Waals surface area contributed by atoms with Crippen LogP contribution in [-0.2, 0) is 0 Å². The predicted molar refractivity (Wildman–Crippen MR) is 131 cm³/mol. The summed E-state index contributed by atoms with van der Waals surface area (Å²) in [5, 5.41) is 23.9. The van der Waals surface area contributed by atoms with Crippen LogP contribution in [0.3, 0.4) is 0 Å². The summed E-state index contributed by atoms with van der Waals surface area (Å²) in [5.41, 5.74) is -0.878. The van der Waals surface area contributed by atoms with E-state index >= 15 is 0 Å². The maximum absolute atomic E-state index is 13.2. The van der Waals surface area contributed by atoms with Gasteiger partial charge < -0.3 is 19.0 Å². The number of fused-ring (bicyclic) bond motifs is 3. The maximum atomic E-state index is 13.2. The number of para-hydroxylation sites is 3. The van der Waals surface area contributed by atoms with Gasteiger partial charge in [0.15, 0.2) is 0 Å². The van der Waals surface area contributed by atoms with Gasteiger partial charge in [0.1, 0.15) is 22.7 Å². The van der Waals surface area contributed by atoms with Gasteiger partial charge in [0.2, 0.25) is 0 Å². The second kappa shape index (κ2) is 7.85. The highest BCUT2D eigenvalue weighted by Gasteiger charge is 2.33. The molecule has 0 spiro atoms. The van der Waals surface area contributed by atoms with Crippen molar-refractivity contribution >= 4 is 32.8 Å². The summed E-state index contributed by atoms with van der Waals surface area (Å²) in [4.78, 5) is 31.1. The summed E-state index contributed by atoms with van der Waals surface area (Å²) < 4.78 is 11.0. The molecule has 0 saturated carbocycles. The Hall–Kier alpha value is -4.91. The fourth-order valence-electron chi connectivity index (χ4n) is 4.49. The van der Waals surface area contributed by atoms with E-state index in [0.29, 0.717) is 5.52 Å². The van der Waals surface area contributed by atoms with Crippen molar-refractivity contribution in [3.05, 3.63) is 123 Å². The highest BCUT2D eigenvalue weighted by Crippen LogP contribution is 2.41. The Morgan fingerprint density at radius 3 is 1.74 bits per heavy atom. The number of hydrogen-bond donors (Lipinski definition) is 2. The molecule has 3 aromatic heterocycles. The van der Waals surface area contributed by atoms with Crippen LogP contribution in [0.15, 0.2) is 103 Å². The molecule has 7 heteroatoms. The van der Waals surface area contributed by atoms with Gasteiger partial charge in [0.05, 0.1) is 39.0 Å². The molecule has 3 aromatic carbocycles. The lowest BCUT2D eigenvalue weighted by Crippen LogP contribution is -2.22. The standard InChI is InChI=1S/C28H17NO6/c30-25-16-8-2-5-11-20(16)34-27(32)23(25)22(19-14-13-15-7-1-4-10-18(15)29-19)24-26(31)17-9-3-6-12-21(17)35-28(24)33/h1-14,22,30-31H. The molecule has 0 aliphatic heterocycles. The monoisotopic (exact) mass is 463 g/mol. The topological polar surface area (TPSA) is 114 Å². The second-order valence-corrected chi connectivity index (χ2v) is 8.16. The van der Waals surface area contributed by atoms with E-state index in [0.717, 1.165) is 5.39 Å². The van der Waals surface area contributed by atoms with E-state index in [1.165, 1.54) is 0 Å². The Labute approximate surface area is 197 Å². The molecule has 6 aromatic rings. The molecule has 0 unspecified atom stereocenters. The number of nitrogens with zero attached hydrogens (tertiary/aromatic N) is 1. The molecule has 0 radical (unpaired) electrons. The first-order chi connectivity index (χ1) is 17.0. The Kier molecular flexibility index (Phi) is 4.64. The molecule has 0 amide bonds. The van der Waals surface area contributed by atoms with Gasteiger partial charge in [-0.1, -0.05) is 48.5 Å². The number of aromatic hydroxyl groups is 2. The number of hydrogen-bond acceptors (Lipinski definition) is 7. The molecule has 7 nitrogen and oxygen atoms in total. The van der Waals surface area contributed by atoms with E-state index < -0.39 is 17.2 Å². The van der Waals surface area contributed by atoms with E-state index in [1.54, 1.807) is 66.7 Å². The summed E-state index contributed by atoms with van der Waals surface area (Å²) in [5.74, 6) is -1.98. The predicted octanol–water partition coefficient (Wildman–Crippen LogP) is 5.04. The van der Waals surface area contributed by atoms with Crippen LogP contribution in [0.25, 0.3) is 32.8 Å². The summed E-state index contributed by atoms with van der Waals surface area (Å²) in [6.07, 6.45) is 0. The first-order valence-corrected chi connectivity index (χ1v) is 10.9. The average molecular weight is 463 g/mol. The van der Waals surface area contributed by atoms with Crippen LogP contribution in [-0.4, -0.2) is 15.2 Å². The van der Waals surface area contributed by atoms with Crippen LogP contribution >= 0.6 is 0 Å². The Morgan fingerprint density at radius 1 is 0.629 bits per heavy atom. The van der Waals surface area contributed by atoms with Gasteiger partial charge in [0.25, 0.3) is 0 Å². The normalized spacial score (nSPS) is 11.6. The van der Waals surface area contributed by atoms with Crippen molar-refractivity contribution in [2.45, 2.75) is 5.92 Å². The molecule has 6 rings (SSSR count). The first-order valence-electron chi connectivity index (χ1n) is 10.9. The lowest BCUT2D eigenvalue weighted by Gasteiger charge is -2.19. The smallest absolute Gasteiger partial charge is 0.344 e. The number of aromatic nitrogens is 1. The zero-order valence-electron chi connectivity index (χ0n) is 18.1. The molecular weight excluding hydrogens is 446 g/mol. The van der Waals surface area contributed by atoms with Crippen LogP contribution < -0.4 is 11.3 Å². The van der Waals surface area contributed by atoms with Crippen molar-refractivity contribution in [1.82, 2.24) is 4.98 Å². The molecular formula is C28H17NO6. The minimum atomic E-state index is -1.26. The van der Waals surface area contributed by atoms with Crippen LogP contribution in [0.2, 0.25) is 0 Å². The highest BCUT2D eigenvalue weighted by atomic mass is 16.4. The van der Waals surface area contributed by atoms with Crippen molar-refractivity contribution < 1.29 is 19.0 Å². The SMILES string of the molecule is O=c1oc2ccccc2c(O)c1C(c1ccc2ccccc2n1)c1c(O)c2ccccc2oc1=O. The molecule has 2 N–H and O–H groups in total. The third-order valence-corrected chi connectivity index (χ3v) is 6.13. The van der Waals surface area contributed by atoms with Gasteiger partial charge in [-0.05, 0) is 36.4 Å². The van der Waals surface area contributed by atoms with Crippen LogP contribution in [0.1, 0.15) is 22.7 Å². The Bertz CT molecular complexity index is 1790. The van der Waals surface area contributed by atoms with E-state index in [4.69, 9.17) is 8.83 Å². The second-order valence-electron chi connectivity index (χ2n) is 8.16. The molecule has 0 fully saturated rings. The lowest BCUT2D eigenvalue weighted by atomic mass is 9.87. The molecule has 0 aliphatic carbocycles. The van der Waals surface area contributed by atoms with E-state index in [2.05, 4.69) is 4.98 Å². The van der Waals surface area contributed by atoms with E-state index in [1.807, 2.05) is 18.2 Å². The third kappa shape index (κ3) is 3.25. The van der Waals surface area contributed by atoms with E-state index in [9.17, 15) is 19.8 Å². The van der Waals surface area contributed by atoms with E-state index in [-0.39, 0.29) is 50.3 Å².